The molecule has 2 aromatic heterocycles. The molecule has 0 amide bonds. The monoisotopic (exact) mass is 216 g/mol. The molecular formula is C12H16N4. The third-order valence-corrected chi connectivity index (χ3v) is 3.90. The van der Waals surface area contributed by atoms with Crippen LogP contribution in [0.25, 0.3) is 11.2 Å². The summed E-state index contributed by atoms with van der Waals surface area (Å²) in [6.45, 7) is 2.25. The minimum atomic E-state index is 0.265. The topological polar surface area (TPSA) is 54.5 Å². The summed E-state index contributed by atoms with van der Waals surface area (Å²) in [4.78, 5) is 16.2. The van der Waals surface area contributed by atoms with E-state index in [9.17, 15) is 0 Å². The number of nitrogens with one attached hydrogen (secondary N) is 1. The smallest absolute Gasteiger partial charge is 0.180 e. The van der Waals surface area contributed by atoms with Gasteiger partial charge < -0.3 is 4.98 Å². The Morgan fingerprint density at radius 3 is 2.88 bits per heavy atom. The molecule has 0 unspecified atom stereocenters. The molecule has 0 saturated heterocycles. The van der Waals surface area contributed by atoms with E-state index in [1.54, 1.807) is 12.5 Å². The Morgan fingerprint density at radius 2 is 2.19 bits per heavy atom. The van der Waals surface area contributed by atoms with Crippen LogP contribution in [0.2, 0.25) is 0 Å². The lowest BCUT2D eigenvalue weighted by molar-refractivity contribution is 0.403. The number of rotatable bonds is 2. The molecule has 4 nitrogen and oxygen atoms in total. The number of aromatic amines is 1. The molecule has 2 heterocycles. The molecule has 2 aromatic rings. The molecule has 84 valence electrons. The number of hydrogen-bond acceptors (Lipinski definition) is 3. The number of hydrogen-bond donors (Lipinski definition) is 1. The van der Waals surface area contributed by atoms with Crippen molar-refractivity contribution in [3.05, 3.63) is 18.3 Å². The van der Waals surface area contributed by atoms with Gasteiger partial charge in [0.15, 0.2) is 5.65 Å². The van der Waals surface area contributed by atoms with Crippen molar-refractivity contribution in [2.24, 2.45) is 0 Å². The van der Waals surface area contributed by atoms with E-state index in [0.717, 1.165) is 23.4 Å². The summed E-state index contributed by atoms with van der Waals surface area (Å²) in [6.07, 6.45) is 9.64. The van der Waals surface area contributed by atoms with E-state index in [0.29, 0.717) is 0 Å². The van der Waals surface area contributed by atoms with Crippen LogP contribution < -0.4 is 0 Å². The van der Waals surface area contributed by atoms with Crippen molar-refractivity contribution in [3.63, 3.8) is 0 Å². The van der Waals surface area contributed by atoms with Crippen molar-refractivity contribution in [2.45, 2.75) is 44.4 Å². The fourth-order valence-corrected chi connectivity index (χ4v) is 2.82. The highest BCUT2D eigenvalue weighted by molar-refractivity contribution is 5.69. The van der Waals surface area contributed by atoms with E-state index in [2.05, 4.69) is 26.9 Å². The van der Waals surface area contributed by atoms with Gasteiger partial charge in [-0.15, -0.1) is 0 Å². The van der Waals surface area contributed by atoms with Crippen LogP contribution in [0.1, 0.15) is 44.9 Å². The van der Waals surface area contributed by atoms with Crippen LogP contribution in [0, 0.1) is 0 Å². The summed E-state index contributed by atoms with van der Waals surface area (Å²) in [5, 5.41) is 0. The van der Waals surface area contributed by atoms with Gasteiger partial charge in [0.05, 0.1) is 6.20 Å². The average molecular weight is 216 g/mol. The molecule has 0 atom stereocenters. The molecule has 0 spiro atoms. The van der Waals surface area contributed by atoms with Gasteiger partial charge in [-0.2, -0.15) is 0 Å². The van der Waals surface area contributed by atoms with E-state index in [1.165, 1.54) is 25.7 Å². The van der Waals surface area contributed by atoms with E-state index in [-0.39, 0.29) is 5.41 Å². The van der Waals surface area contributed by atoms with Crippen LogP contribution in [0.15, 0.2) is 12.5 Å². The van der Waals surface area contributed by atoms with Gasteiger partial charge in [0.1, 0.15) is 17.7 Å². The summed E-state index contributed by atoms with van der Waals surface area (Å²) in [5.41, 5.74) is 2.02. The first-order valence-corrected chi connectivity index (χ1v) is 6.00. The van der Waals surface area contributed by atoms with Gasteiger partial charge in [0, 0.05) is 5.41 Å². The zero-order valence-corrected chi connectivity index (χ0v) is 9.53. The van der Waals surface area contributed by atoms with Gasteiger partial charge in [-0.3, -0.25) is 0 Å². The summed E-state index contributed by atoms with van der Waals surface area (Å²) in [6, 6.07) is 0. The normalized spacial score (nSPS) is 19.3. The van der Waals surface area contributed by atoms with Crippen LogP contribution in [-0.2, 0) is 5.41 Å². The minimum Gasteiger partial charge on any atom is -0.339 e. The molecule has 1 N–H and O–H groups in total. The van der Waals surface area contributed by atoms with Crippen molar-refractivity contribution in [2.75, 3.05) is 0 Å². The first kappa shape index (κ1) is 9.75. The molecule has 0 aromatic carbocycles. The molecule has 1 fully saturated rings. The maximum atomic E-state index is 4.63. The van der Waals surface area contributed by atoms with Gasteiger partial charge in [-0.25, -0.2) is 15.0 Å². The zero-order valence-electron chi connectivity index (χ0n) is 9.53. The van der Waals surface area contributed by atoms with E-state index < -0.39 is 0 Å². The largest absolute Gasteiger partial charge is 0.339 e. The standard InChI is InChI=1S/C12H16N4/c1-2-12(5-3-4-6-12)11-15-9-7-13-8-14-10(9)16-11/h7-8H,2-6H2,1H3,(H,13,14,15,16). The zero-order chi connectivity index (χ0) is 11.0. The molecule has 0 bridgehead atoms. The summed E-state index contributed by atoms with van der Waals surface area (Å²) < 4.78 is 0. The van der Waals surface area contributed by atoms with E-state index in [1.807, 2.05) is 0 Å². The van der Waals surface area contributed by atoms with Crippen LogP contribution in [0.5, 0.6) is 0 Å². The SMILES string of the molecule is CCC1(c2nc3ncncc3[nH]2)CCCC1. The van der Waals surface area contributed by atoms with Gasteiger partial charge >= 0.3 is 0 Å². The lowest BCUT2D eigenvalue weighted by Gasteiger charge is -2.24. The highest BCUT2D eigenvalue weighted by Gasteiger charge is 2.36. The van der Waals surface area contributed by atoms with Crippen LogP contribution in [0.4, 0.5) is 0 Å². The lowest BCUT2D eigenvalue weighted by Crippen LogP contribution is -2.22. The molecule has 1 aliphatic carbocycles. The van der Waals surface area contributed by atoms with Crippen LogP contribution in [0.3, 0.4) is 0 Å². The first-order valence-electron chi connectivity index (χ1n) is 6.00. The van der Waals surface area contributed by atoms with E-state index >= 15 is 0 Å². The molecule has 1 saturated carbocycles. The Kier molecular flexibility index (Phi) is 2.16. The van der Waals surface area contributed by atoms with Crippen molar-refractivity contribution in [1.82, 2.24) is 19.9 Å². The Hall–Kier alpha value is -1.45. The molecule has 0 aliphatic heterocycles. The van der Waals surface area contributed by atoms with Crippen LogP contribution >= 0.6 is 0 Å². The fourth-order valence-electron chi connectivity index (χ4n) is 2.82. The molecule has 4 heteroatoms. The fraction of sp³-hybridized carbons (Fsp3) is 0.583. The molecule has 1 aliphatic rings. The molecule has 16 heavy (non-hydrogen) atoms. The number of nitrogens with zero attached hydrogens (tertiary/aromatic N) is 3. The van der Waals surface area contributed by atoms with Gasteiger partial charge in [0.2, 0.25) is 0 Å². The third kappa shape index (κ3) is 1.32. The molecule has 3 rings (SSSR count). The quantitative estimate of drug-likeness (QED) is 0.839. The minimum absolute atomic E-state index is 0.265. The van der Waals surface area contributed by atoms with Gasteiger partial charge in [-0.05, 0) is 19.3 Å². The second-order valence-electron chi connectivity index (χ2n) is 4.69. The highest BCUT2D eigenvalue weighted by Crippen LogP contribution is 2.42. The Morgan fingerprint density at radius 1 is 1.38 bits per heavy atom. The second-order valence-corrected chi connectivity index (χ2v) is 4.69. The Balaban J connectivity index is 2.10. The molecule has 0 radical (unpaired) electrons. The highest BCUT2D eigenvalue weighted by atomic mass is 15.0. The summed E-state index contributed by atoms with van der Waals surface area (Å²) >= 11 is 0. The van der Waals surface area contributed by atoms with Crippen LogP contribution in [-0.4, -0.2) is 19.9 Å². The average Bonchev–Trinajstić information content (AvgIpc) is 2.96. The Bertz CT molecular complexity index is 463. The number of imidazole rings is 1. The van der Waals surface area contributed by atoms with Gasteiger partial charge in [0.25, 0.3) is 0 Å². The summed E-state index contributed by atoms with van der Waals surface area (Å²) in [7, 11) is 0. The van der Waals surface area contributed by atoms with Gasteiger partial charge in [-0.1, -0.05) is 19.8 Å². The predicted octanol–water partition coefficient (Wildman–Crippen LogP) is 2.57. The number of fused-ring (bicyclic) bond motifs is 1. The van der Waals surface area contributed by atoms with Crippen molar-refractivity contribution in [3.8, 4) is 0 Å². The van der Waals surface area contributed by atoms with Crippen molar-refractivity contribution in [1.29, 1.82) is 0 Å². The predicted molar refractivity (Wildman–Crippen MR) is 62.1 cm³/mol. The number of aromatic nitrogens is 4. The first-order chi connectivity index (χ1) is 7.84. The Labute approximate surface area is 94.5 Å². The molecular weight excluding hydrogens is 200 g/mol. The number of H-pyrrole nitrogens is 1. The lowest BCUT2D eigenvalue weighted by atomic mass is 9.83. The van der Waals surface area contributed by atoms with Crippen molar-refractivity contribution < 1.29 is 0 Å². The van der Waals surface area contributed by atoms with Crippen molar-refractivity contribution >= 4 is 11.2 Å². The summed E-state index contributed by atoms with van der Waals surface area (Å²) in [5.74, 6) is 1.11. The maximum absolute atomic E-state index is 4.63. The maximum Gasteiger partial charge on any atom is 0.180 e. The van der Waals surface area contributed by atoms with E-state index in [4.69, 9.17) is 0 Å². The second kappa shape index (κ2) is 3.54. The third-order valence-electron chi connectivity index (χ3n) is 3.90.